The number of pyridine rings is 1. The topological polar surface area (TPSA) is 84.7 Å². The molecular formula is C15H13ClN6O. The first-order valence-electron chi connectivity index (χ1n) is 6.79. The van der Waals surface area contributed by atoms with E-state index in [0.29, 0.717) is 16.5 Å². The van der Waals surface area contributed by atoms with E-state index < -0.39 is 5.69 Å². The third kappa shape index (κ3) is 3.46. The number of rotatable bonds is 4. The van der Waals surface area contributed by atoms with E-state index in [-0.39, 0.29) is 5.95 Å². The predicted molar refractivity (Wildman–Crippen MR) is 88.9 cm³/mol. The zero-order valence-electron chi connectivity index (χ0n) is 12.2. The molecule has 0 unspecified atom stereocenters. The summed E-state index contributed by atoms with van der Waals surface area (Å²) in [5.74, 6) is 0.695. The number of anilines is 2. The number of nitrogens with one attached hydrogen (secondary N) is 2. The zero-order chi connectivity index (χ0) is 16.2. The van der Waals surface area contributed by atoms with Gasteiger partial charge in [-0.2, -0.15) is 9.97 Å². The molecule has 0 aliphatic rings. The number of halogens is 1. The number of aromatic nitrogens is 4. The summed E-state index contributed by atoms with van der Waals surface area (Å²) in [6.45, 7) is 1.73. The summed E-state index contributed by atoms with van der Waals surface area (Å²) in [5, 5.41) is 0.597. The maximum absolute atomic E-state index is 12.3. The van der Waals surface area contributed by atoms with Crippen LogP contribution in [0.15, 0.2) is 53.6 Å². The fourth-order valence-corrected chi connectivity index (χ4v) is 2.14. The van der Waals surface area contributed by atoms with E-state index in [1.165, 1.54) is 4.57 Å². The fourth-order valence-electron chi connectivity index (χ4n) is 2.01. The van der Waals surface area contributed by atoms with Crippen LogP contribution in [0, 0.1) is 6.92 Å². The number of benzene rings is 1. The molecule has 0 atom stereocenters. The summed E-state index contributed by atoms with van der Waals surface area (Å²) in [5.41, 5.74) is 6.70. The highest BCUT2D eigenvalue weighted by Crippen LogP contribution is 2.13. The van der Waals surface area contributed by atoms with Gasteiger partial charge in [0.15, 0.2) is 0 Å². The number of aryl methyl sites for hydroxylation is 1. The Hall–Kier alpha value is -2.93. The first kappa shape index (κ1) is 15.0. The molecule has 0 radical (unpaired) electrons. The monoisotopic (exact) mass is 328 g/mol. The highest BCUT2D eigenvalue weighted by atomic mass is 35.5. The molecule has 8 heteroatoms. The summed E-state index contributed by atoms with van der Waals surface area (Å²) < 4.78 is 1.41. The van der Waals surface area contributed by atoms with Crippen LogP contribution in [0.4, 0.5) is 11.6 Å². The van der Waals surface area contributed by atoms with Crippen molar-refractivity contribution in [1.29, 1.82) is 0 Å². The number of hydrogen-bond acceptors (Lipinski definition) is 6. The maximum Gasteiger partial charge on any atom is 0.356 e. The van der Waals surface area contributed by atoms with Crippen molar-refractivity contribution in [2.45, 2.75) is 6.92 Å². The van der Waals surface area contributed by atoms with Gasteiger partial charge in [-0.25, -0.2) is 9.36 Å². The van der Waals surface area contributed by atoms with Crippen LogP contribution in [0.5, 0.6) is 0 Å². The normalized spacial score (nSPS) is 10.3. The number of hydrogen-bond donors (Lipinski definition) is 2. The van der Waals surface area contributed by atoms with Crippen molar-refractivity contribution < 1.29 is 0 Å². The second-order valence-electron chi connectivity index (χ2n) is 4.67. The average Bonchev–Trinajstić information content (AvgIpc) is 2.55. The van der Waals surface area contributed by atoms with Crippen molar-refractivity contribution in [2.24, 2.45) is 0 Å². The Morgan fingerprint density at radius 1 is 1.00 bits per heavy atom. The largest absolute Gasteiger partial charge is 0.356 e. The maximum atomic E-state index is 12.3. The van der Waals surface area contributed by atoms with Gasteiger partial charge in [-0.3, -0.25) is 15.8 Å². The molecule has 3 aromatic rings. The molecule has 2 N–H and O–H groups in total. The lowest BCUT2D eigenvalue weighted by Gasteiger charge is -2.11. The molecule has 0 spiro atoms. The minimum Gasteiger partial charge on any atom is -0.298 e. The van der Waals surface area contributed by atoms with Crippen molar-refractivity contribution in [2.75, 3.05) is 10.9 Å². The van der Waals surface area contributed by atoms with Crippen LogP contribution in [0.1, 0.15) is 5.82 Å². The lowest BCUT2D eigenvalue weighted by atomic mass is 10.3. The van der Waals surface area contributed by atoms with Crippen molar-refractivity contribution in [3.05, 3.63) is 70.1 Å². The summed E-state index contributed by atoms with van der Waals surface area (Å²) in [6, 6.07) is 10.4. The third-order valence-electron chi connectivity index (χ3n) is 3.07. The highest BCUT2D eigenvalue weighted by Gasteiger charge is 2.08. The Morgan fingerprint density at radius 3 is 2.35 bits per heavy atom. The molecule has 0 saturated heterocycles. The van der Waals surface area contributed by atoms with Crippen LogP contribution in [0.25, 0.3) is 5.69 Å². The van der Waals surface area contributed by atoms with Crippen molar-refractivity contribution in [3.63, 3.8) is 0 Å². The van der Waals surface area contributed by atoms with Gasteiger partial charge < -0.3 is 0 Å². The lowest BCUT2D eigenvalue weighted by molar-refractivity contribution is 0.813. The minimum absolute atomic E-state index is 0.189. The van der Waals surface area contributed by atoms with E-state index in [9.17, 15) is 4.79 Å². The van der Waals surface area contributed by atoms with Crippen molar-refractivity contribution >= 4 is 23.2 Å². The third-order valence-corrected chi connectivity index (χ3v) is 3.32. The molecule has 116 valence electrons. The second kappa shape index (κ2) is 6.45. The molecule has 2 heterocycles. The van der Waals surface area contributed by atoms with Gasteiger partial charge in [0.05, 0.1) is 11.4 Å². The van der Waals surface area contributed by atoms with Crippen LogP contribution in [0.3, 0.4) is 0 Å². The predicted octanol–water partition coefficient (Wildman–Crippen LogP) is 2.42. The Kier molecular flexibility index (Phi) is 4.20. The molecular weight excluding hydrogens is 316 g/mol. The first-order valence-corrected chi connectivity index (χ1v) is 7.17. The van der Waals surface area contributed by atoms with Crippen LogP contribution >= 0.6 is 11.6 Å². The molecule has 0 fully saturated rings. The molecule has 0 amide bonds. The van der Waals surface area contributed by atoms with Gasteiger partial charge in [0.1, 0.15) is 5.82 Å². The Balaban J connectivity index is 1.85. The quantitative estimate of drug-likeness (QED) is 0.715. The molecule has 0 aliphatic carbocycles. The van der Waals surface area contributed by atoms with Crippen LogP contribution < -0.4 is 16.5 Å². The Morgan fingerprint density at radius 2 is 1.70 bits per heavy atom. The first-order chi connectivity index (χ1) is 11.1. The van der Waals surface area contributed by atoms with Gasteiger partial charge in [-0.1, -0.05) is 11.6 Å². The molecule has 7 nitrogen and oxygen atoms in total. The Bertz CT molecular complexity index is 863. The molecule has 23 heavy (non-hydrogen) atoms. The molecule has 0 aliphatic heterocycles. The average molecular weight is 329 g/mol. The molecule has 1 aromatic carbocycles. The molecule has 0 saturated carbocycles. The highest BCUT2D eigenvalue weighted by molar-refractivity contribution is 6.30. The van der Waals surface area contributed by atoms with Gasteiger partial charge in [0.2, 0.25) is 5.95 Å². The molecule has 2 aromatic heterocycles. The van der Waals surface area contributed by atoms with E-state index in [0.717, 1.165) is 5.69 Å². The van der Waals surface area contributed by atoms with Crippen molar-refractivity contribution in [1.82, 2.24) is 19.5 Å². The summed E-state index contributed by atoms with van der Waals surface area (Å²) in [4.78, 5) is 24.4. The standard InChI is InChI=1S/C15H13ClN6O/c1-10-18-14(21-20-12-6-8-17-9-7-12)19-15(23)22(10)13-4-2-11(16)3-5-13/h2-9H,1H3,(H,17,20)(H,19,21,23). The van der Waals surface area contributed by atoms with Gasteiger partial charge in [-0.15, -0.1) is 0 Å². The van der Waals surface area contributed by atoms with E-state index in [1.807, 2.05) is 0 Å². The second-order valence-corrected chi connectivity index (χ2v) is 5.11. The lowest BCUT2D eigenvalue weighted by Crippen LogP contribution is -2.27. The summed E-state index contributed by atoms with van der Waals surface area (Å²) >= 11 is 5.86. The van der Waals surface area contributed by atoms with Gasteiger partial charge in [0, 0.05) is 17.4 Å². The van der Waals surface area contributed by atoms with E-state index in [2.05, 4.69) is 25.8 Å². The van der Waals surface area contributed by atoms with Crippen LogP contribution in [0.2, 0.25) is 5.02 Å². The van der Waals surface area contributed by atoms with Gasteiger partial charge in [-0.05, 0) is 43.3 Å². The van der Waals surface area contributed by atoms with Crippen molar-refractivity contribution in [3.8, 4) is 5.69 Å². The van der Waals surface area contributed by atoms with E-state index in [1.54, 1.807) is 55.7 Å². The Labute approximate surface area is 137 Å². The smallest absolute Gasteiger partial charge is 0.298 e. The molecule has 3 rings (SSSR count). The fraction of sp³-hybridized carbons (Fsp3) is 0.0667. The van der Waals surface area contributed by atoms with Crippen LogP contribution in [-0.4, -0.2) is 19.5 Å². The van der Waals surface area contributed by atoms with Gasteiger partial charge >= 0.3 is 5.69 Å². The summed E-state index contributed by atoms with van der Waals surface area (Å²) in [6.07, 6.45) is 3.29. The SMILES string of the molecule is Cc1nc(NNc2ccncc2)nc(=O)n1-c1ccc(Cl)cc1. The summed E-state index contributed by atoms with van der Waals surface area (Å²) in [7, 11) is 0. The van der Waals surface area contributed by atoms with Crippen LogP contribution in [-0.2, 0) is 0 Å². The molecule has 0 bridgehead atoms. The van der Waals surface area contributed by atoms with Gasteiger partial charge in [0.25, 0.3) is 0 Å². The zero-order valence-corrected chi connectivity index (χ0v) is 12.9. The number of hydrazine groups is 1. The minimum atomic E-state index is -0.432. The van der Waals surface area contributed by atoms with E-state index in [4.69, 9.17) is 11.6 Å². The number of nitrogens with zero attached hydrogens (tertiary/aromatic N) is 4. The van der Waals surface area contributed by atoms with E-state index >= 15 is 0 Å².